The van der Waals surface area contributed by atoms with E-state index < -0.39 is 46.7 Å². The van der Waals surface area contributed by atoms with Gasteiger partial charge in [0.1, 0.15) is 32.3 Å². The highest BCUT2D eigenvalue weighted by atomic mass is 32.2. The van der Waals surface area contributed by atoms with Crippen molar-refractivity contribution in [3.05, 3.63) is 46.6 Å². The molecule has 2 aromatic heterocycles. The van der Waals surface area contributed by atoms with Crippen LogP contribution in [0.5, 0.6) is 0 Å². The molecule has 0 radical (unpaired) electrons. The van der Waals surface area contributed by atoms with Crippen LogP contribution in [0, 0.1) is 12.8 Å². The van der Waals surface area contributed by atoms with Crippen LogP contribution in [-0.4, -0.2) is 67.7 Å². The zero-order valence-corrected chi connectivity index (χ0v) is 23.0. The third-order valence-corrected chi connectivity index (χ3v) is 9.37. The van der Waals surface area contributed by atoms with Gasteiger partial charge < -0.3 is 15.0 Å². The molecule has 14 heteroatoms. The number of benzene rings is 1. The molecule has 4 rings (SSSR count). The molecule has 1 fully saturated rings. The van der Waals surface area contributed by atoms with Gasteiger partial charge in [0.15, 0.2) is 0 Å². The lowest BCUT2D eigenvalue weighted by Gasteiger charge is -2.32. The van der Waals surface area contributed by atoms with Gasteiger partial charge in [-0.25, -0.2) is 35.9 Å². The van der Waals surface area contributed by atoms with Crippen molar-refractivity contribution in [2.75, 3.05) is 31.0 Å². The Morgan fingerprint density at radius 1 is 1.13 bits per heavy atom. The molecule has 3 heterocycles. The van der Waals surface area contributed by atoms with Gasteiger partial charge >= 0.3 is 0 Å². The lowest BCUT2D eigenvalue weighted by atomic mass is 9.98. The summed E-state index contributed by atoms with van der Waals surface area (Å²) in [5, 5.41) is 3.66. The molecule has 8 nitrogen and oxygen atoms in total. The number of ether oxygens (including phenoxy) is 1. The zero-order chi connectivity index (χ0) is 28.5. The second-order valence-electron chi connectivity index (χ2n) is 9.36. The Balaban J connectivity index is 1.58. The van der Waals surface area contributed by atoms with E-state index in [-0.39, 0.29) is 41.2 Å². The molecule has 1 N–H and O–H groups in total. The molecule has 1 unspecified atom stereocenters. The van der Waals surface area contributed by atoms with Gasteiger partial charge in [0.2, 0.25) is 5.91 Å². The van der Waals surface area contributed by atoms with Crippen molar-refractivity contribution < 1.29 is 35.5 Å². The van der Waals surface area contributed by atoms with Gasteiger partial charge in [-0.15, -0.1) is 0 Å². The van der Waals surface area contributed by atoms with E-state index in [1.165, 1.54) is 56.0 Å². The second kappa shape index (κ2) is 11.7. The number of pyridine rings is 1. The molecule has 0 spiro atoms. The fraction of sp³-hybridized carbons (Fsp3) is 0.480. The molecule has 39 heavy (non-hydrogen) atoms. The van der Waals surface area contributed by atoms with Crippen molar-refractivity contribution in [3.8, 4) is 0 Å². The lowest BCUT2D eigenvalue weighted by molar-refractivity contribution is -0.140. The van der Waals surface area contributed by atoms with Gasteiger partial charge in [0.25, 0.3) is 12.9 Å². The number of amides is 1. The highest BCUT2D eigenvalue weighted by Crippen LogP contribution is 2.38. The summed E-state index contributed by atoms with van der Waals surface area (Å²) < 4.78 is 84.4. The number of alkyl halides is 4. The second-order valence-corrected chi connectivity index (χ2v) is 12.8. The summed E-state index contributed by atoms with van der Waals surface area (Å²) in [5.41, 5.74) is 1.24. The number of carbonyl (C=O) groups is 1. The van der Waals surface area contributed by atoms with Gasteiger partial charge in [-0.2, -0.15) is 0 Å². The Labute approximate surface area is 227 Å². The molecule has 3 aromatic rings. The highest BCUT2D eigenvalue weighted by molar-refractivity contribution is 7.91. The maximum Gasteiger partial charge on any atom is 0.268 e. The molecule has 0 aliphatic carbocycles. The summed E-state index contributed by atoms with van der Waals surface area (Å²) in [6.07, 6.45) is -5.71. The smallest absolute Gasteiger partial charge is 0.268 e. The Bertz CT molecular complexity index is 1420. The Morgan fingerprint density at radius 3 is 2.33 bits per heavy atom. The number of thiazole rings is 1. The number of nitrogens with zero attached hydrogens (tertiary/aromatic N) is 3. The third kappa shape index (κ3) is 6.33. The molecule has 1 amide bonds. The van der Waals surface area contributed by atoms with Crippen LogP contribution in [-0.2, 0) is 19.4 Å². The van der Waals surface area contributed by atoms with Crippen LogP contribution in [0.25, 0.3) is 10.3 Å². The number of nitrogens with one attached hydrogen (secondary N) is 1. The summed E-state index contributed by atoms with van der Waals surface area (Å²) in [6.45, 7) is 1.74. The Hall–Kier alpha value is -2.84. The number of methoxy groups -OCH3 is 1. The van der Waals surface area contributed by atoms with E-state index in [9.17, 15) is 30.8 Å². The summed E-state index contributed by atoms with van der Waals surface area (Å²) >= 11 is 1.26. The van der Waals surface area contributed by atoms with E-state index >= 15 is 0 Å². The average molecular weight is 589 g/mol. The summed E-state index contributed by atoms with van der Waals surface area (Å²) in [5.74, 6) is -1.46. The van der Waals surface area contributed by atoms with Crippen LogP contribution in [0.2, 0.25) is 0 Å². The number of hydrogen-bond acceptors (Lipinski definition) is 8. The molecule has 212 valence electrons. The predicted octanol–water partition coefficient (Wildman–Crippen LogP) is 5.29. The Kier molecular flexibility index (Phi) is 8.76. The molecular weight excluding hydrogens is 560 g/mol. The number of aromatic nitrogens is 2. The number of rotatable bonds is 9. The van der Waals surface area contributed by atoms with Crippen LogP contribution in [0.4, 0.5) is 28.9 Å². The minimum absolute atomic E-state index is 0.102. The molecule has 1 aromatic carbocycles. The lowest BCUT2D eigenvalue weighted by Crippen LogP contribution is -2.41. The molecule has 1 aliphatic rings. The number of sulfone groups is 1. The van der Waals surface area contributed by atoms with Crippen molar-refractivity contribution in [3.63, 3.8) is 0 Å². The van der Waals surface area contributed by atoms with Crippen molar-refractivity contribution >= 4 is 48.8 Å². The highest BCUT2D eigenvalue weighted by Gasteiger charge is 2.36. The van der Waals surface area contributed by atoms with Gasteiger partial charge in [0, 0.05) is 31.3 Å². The van der Waals surface area contributed by atoms with Crippen molar-refractivity contribution in [1.29, 1.82) is 0 Å². The zero-order valence-electron chi connectivity index (χ0n) is 21.4. The van der Waals surface area contributed by atoms with Crippen molar-refractivity contribution in [1.82, 2.24) is 14.9 Å². The number of hydrogen-bond donors (Lipinski definition) is 1. The van der Waals surface area contributed by atoms with Crippen LogP contribution in [0.1, 0.15) is 41.1 Å². The molecule has 2 atom stereocenters. The van der Waals surface area contributed by atoms with Crippen LogP contribution < -0.4 is 5.32 Å². The number of anilines is 2. The fourth-order valence-corrected chi connectivity index (χ4v) is 7.02. The predicted molar refractivity (Wildman–Crippen MR) is 141 cm³/mol. The topological polar surface area (TPSA) is 101 Å². The van der Waals surface area contributed by atoms with Gasteiger partial charge in [-0.1, -0.05) is 23.5 Å². The fourth-order valence-electron chi connectivity index (χ4n) is 4.75. The van der Waals surface area contributed by atoms with Gasteiger partial charge in [-0.3, -0.25) is 4.79 Å². The first kappa shape index (κ1) is 29.2. The minimum atomic E-state index is -3.20. The standard InChI is InChI=1S/C25H28F4N4O4S2/c1-13-31-19-18(21(37-3)23(28)29)17(12-30-24(19)38-13)32-16-6-4-14(5-7-16)20(22(26)27)33(2)25(34)15-8-10-39(35,36)11-9-15/h4-7,12,15,20-23,32H,8-11H2,1-3H3/t20-,21?/m0/s1. The van der Waals surface area contributed by atoms with E-state index in [1.807, 2.05) is 0 Å². The van der Waals surface area contributed by atoms with Gasteiger partial charge in [0.05, 0.1) is 28.4 Å². The summed E-state index contributed by atoms with van der Waals surface area (Å²) in [7, 11) is -0.743. The van der Waals surface area contributed by atoms with E-state index in [1.54, 1.807) is 6.92 Å². The largest absolute Gasteiger partial charge is 0.371 e. The first-order chi connectivity index (χ1) is 18.4. The summed E-state index contributed by atoms with van der Waals surface area (Å²) in [4.78, 5) is 23.1. The van der Waals surface area contributed by atoms with Crippen LogP contribution >= 0.6 is 11.3 Å². The number of carbonyl (C=O) groups excluding carboxylic acids is 1. The molecular formula is C25H28F4N4O4S2. The number of aryl methyl sites for hydroxylation is 1. The summed E-state index contributed by atoms with van der Waals surface area (Å²) in [6, 6.07) is 4.30. The van der Waals surface area contributed by atoms with Crippen molar-refractivity contribution in [2.45, 2.75) is 44.8 Å². The SMILES string of the molecule is COC(c1c(Nc2ccc([C@@H](C(F)F)N(C)C(=O)C3CCS(=O)(=O)CC3)cc2)cnc2sc(C)nc12)C(F)F. The van der Waals surface area contributed by atoms with E-state index in [2.05, 4.69) is 15.3 Å². The first-order valence-electron chi connectivity index (χ1n) is 12.1. The maximum atomic E-state index is 14.1. The molecule has 1 saturated heterocycles. The third-order valence-electron chi connectivity index (χ3n) is 6.78. The van der Waals surface area contributed by atoms with E-state index in [4.69, 9.17) is 4.74 Å². The van der Waals surface area contributed by atoms with Crippen LogP contribution in [0.15, 0.2) is 30.5 Å². The maximum absolute atomic E-state index is 14.1. The normalized spacial score (nSPS) is 17.5. The van der Waals surface area contributed by atoms with E-state index in [0.29, 0.717) is 21.0 Å². The Morgan fingerprint density at radius 2 is 1.77 bits per heavy atom. The first-order valence-corrected chi connectivity index (χ1v) is 14.7. The average Bonchev–Trinajstić information content (AvgIpc) is 3.26. The monoisotopic (exact) mass is 588 g/mol. The minimum Gasteiger partial charge on any atom is -0.371 e. The van der Waals surface area contributed by atoms with Gasteiger partial charge in [-0.05, 0) is 37.5 Å². The number of fused-ring (bicyclic) bond motifs is 1. The molecule has 0 saturated carbocycles. The van der Waals surface area contributed by atoms with Crippen LogP contribution in [0.3, 0.4) is 0 Å². The quantitative estimate of drug-likeness (QED) is 0.339. The van der Waals surface area contributed by atoms with Crippen molar-refractivity contribution in [2.24, 2.45) is 5.92 Å². The molecule has 0 bridgehead atoms. The number of halogens is 4. The van der Waals surface area contributed by atoms with E-state index in [0.717, 1.165) is 4.90 Å². The molecule has 1 aliphatic heterocycles.